The maximum Gasteiger partial charge on any atom is 0.309 e. The van der Waals surface area contributed by atoms with E-state index in [0.29, 0.717) is 71.0 Å². The Kier molecular flexibility index (Phi) is 19.3. The summed E-state index contributed by atoms with van der Waals surface area (Å²) in [5.41, 5.74) is 0. The summed E-state index contributed by atoms with van der Waals surface area (Å²) < 4.78 is 26.1. The highest BCUT2D eigenvalue weighted by Gasteiger charge is 2.31. The van der Waals surface area contributed by atoms with E-state index in [4.69, 9.17) is 28.8 Å². The maximum atomic E-state index is 12.7. The molecule has 1 aliphatic rings. The minimum atomic E-state index is -0.486. The van der Waals surface area contributed by atoms with Crippen LogP contribution in [0.2, 0.25) is 0 Å². The highest BCUT2D eigenvalue weighted by molar-refractivity contribution is 5.82. The van der Waals surface area contributed by atoms with Gasteiger partial charge in [-0.3, -0.25) is 24.0 Å². The molecule has 0 saturated carbocycles. The predicted octanol–water partition coefficient (Wildman–Crippen LogP) is 3.24. The number of carbonyl (C=O) groups is 5. The van der Waals surface area contributed by atoms with E-state index in [1.807, 2.05) is 0 Å². The quantitative estimate of drug-likeness (QED) is 0.0565. The van der Waals surface area contributed by atoms with Crippen LogP contribution in [0.15, 0.2) is 12.7 Å². The number of ketones is 1. The summed E-state index contributed by atoms with van der Waals surface area (Å²) in [6.07, 6.45) is 6.05. The smallest absolute Gasteiger partial charge is 0.309 e. The molecular formula is C29H46O11. The Morgan fingerprint density at radius 1 is 0.825 bits per heavy atom. The van der Waals surface area contributed by atoms with E-state index in [1.165, 1.54) is 0 Å². The first-order chi connectivity index (χ1) is 19.3. The van der Waals surface area contributed by atoms with Crippen LogP contribution in [-0.2, 0) is 47.7 Å². The molecule has 11 nitrogen and oxygen atoms in total. The Balaban J connectivity index is 2.30. The van der Waals surface area contributed by atoms with E-state index in [2.05, 4.69) is 6.58 Å². The van der Waals surface area contributed by atoms with E-state index in [9.17, 15) is 24.0 Å². The minimum absolute atomic E-state index is 0.0269. The summed E-state index contributed by atoms with van der Waals surface area (Å²) in [4.78, 5) is 59.7. The standard InChI is InChI=1S/C29H46O11/c1-3-9-22(28(34)38-17-6-5-12-26(32)36-4-2)10-7-19-39-29(35)23(20-25-21-40-25)11-8-18-37-27(33)14-13-24(31)15-16-30/h3,22-23,25,30H,1,4-21H2,2H3. The van der Waals surface area contributed by atoms with Gasteiger partial charge in [0.05, 0.1) is 57.4 Å². The average Bonchev–Trinajstić information content (AvgIpc) is 3.75. The SMILES string of the molecule is C=CCC(CCCOC(=O)C(CCCOC(=O)CCC(=O)CCO)CC1CO1)C(=O)OCCCCC(=O)OCC. The molecule has 1 aliphatic heterocycles. The zero-order valence-electron chi connectivity index (χ0n) is 23.8. The average molecular weight is 571 g/mol. The summed E-state index contributed by atoms with van der Waals surface area (Å²) in [5.74, 6) is -2.39. The molecule has 1 rings (SSSR count). The van der Waals surface area contributed by atoms with Gasteiger partial charge in [-0.15, -0.1) is 6.58 Å². The van der Waals surface area contributed by atoms with Crippen LogP contribution >= 0.6 is 0 Å². The van der Waals surface area contributed by atoms with Crippen molar-refractivity contribution in [3.8, 4) is 0 Å². The molecule has 3 unspecified atom stereocenters. The molecule has 0 aromatic heterocycles. The van der Waals surface area contributed by atoms with Gasteiger partial charge in [0.15, 0.2) is 0 Å². The first-order valence-electron chi connectivity index (χ1n) is 14.3. The van der Waals surface area contributed by atoms with E-state index < -0.39 is 5.97 Å². The molecule has 0 bridgehead atoms. The number of hydrogen-bond donors (Lipinski definition) is 1. The number of Topliss-reactive ketones (excluding diaryl/α,β-unsaturated/α-hetero) is 1. The molecule has 0 aromatic rings. The Hall–Kier alpha value is -2.79. The molecule has 1 saturated heterocycles. The fourth-order valence-corrected chi connectivity index (χ4v) is 3.98. The van der Waals surface area contributed by atoms with Crippen LogP contribution in [0.5, 0.6) is 0 Å². The second-order valence-electron chi connectivity index (χ2n) is 9.72. The first-order valence-corrected chi connectivity index (χ1v) is 14.3. The van der Waals surface area contributed by atoms with Gasteiger partial charge in [-0.05, 0) is 58.3 Å². The van der Waals surface area contributed by atoms with Crippen molar-refractivity contribution in [3.05, 3.63) is 12.7 Å². The van der Waals surface area contributed by atoms with Gasteiger partial charge in [0, 0.05) is 25.9 Å². The summed E-state index contributed by atoms with van der Waals surface area (Å²) in [6.45, 7) is 6.69. The second-order valence-corrected chi connectivity index (χ2v) is 9.72. The van der Waals surface area contributed by atoms with Crippen LogP contribution in [0.1, 0.15) is 84.0 Å². The molecule has 0 spiro atoms. The van der Waals surface area contributed by atoms with E-state index in [0.717, 1.165) is 0 Å². The van der Waals surface area contributed by atoms with Crippen molar-refractivity contribution in [1.82, 2.24) is 0 Å². The third-order valence-electron chi connectivity index (χ3n) is 6.29. The normalized spacial score (nSPS) is 15.4. The van der Waals surface area contributed by atoms with Gasteiger partial charge in [-0.25, -0.2) is 0 Å². The Bertz CT molecular complexity index is 791. The zero-order chi connectivity index (χ0) is 29.6. The number of rotatable bonds is 25. The lowest BCUT2D eigenvalue weighted by molar-refractivity contribution is -0.150. The fourth-order valence-electron chi connectivity index (χ4n) is 3.98. The zero-order valence-corrected chi connectivity index (χ0v) is 23.8. The summed E-state index contributed by atoms with van der Waals surface area (Å²) in [6, 6.07) is 0. The number of epoxide rings is 1. The highest BCUT2D eigenvalue weighted by atomic mass is 16.6. The largest absolute Gasteiger partial charge is 0.466 e. The third kappa shape index (κ3) is 17.7. The van der Waals surface area contributed by atoms with Crippen molar-refractivity contribution in [2.45, 2.75) is 90.1 Å². The van der Waals surface area contributed by atoms with Crippen LogP contribution in [0.3, 0.4) is 0 Å². The van der Waals surface area contributed by atoms with Crippen molar-refractivity contribution in [2.24, 2.45) is 11.8 Å². The Morgan fingerprint density at radius 3 is 2.05 bits per heavy atom. The minimum Gasteiger partial charge on any atom is -0.466 e. The molecule has 1 N–H and O–H groups in total. The van der Waals surface area contributed by atoms with Crippen molar-refractivity contribution in [3.63, 3.8) is 0 Å². The lowest BCUT2D eigenvalue weighted by atomic mass is 9.98. The molecule has 0 aliphatic carbocycles. The molecular weight excluding hydrogens is 524 g/mol. The van der Waals surface area contributed by atoms with Crippen LogP contribution in [-0.4, -0.2) is 80.5 Å². The van der Waals surface area contributed by atoms with Crippen molar-refractivity contribution < 1.29 is 52.8 Å². The first kappa shape index (κ1) is 35.2. The third-order valence-corrected chi connectivity index (χ3v) is 6.29. The number of ether oxygens (including phenoxy) is 5. The molecule has 0 amide bonds. The van der Waals surface area contributed by atoms with Gasteiger partial charge in [-0.1, -0.05) is 6.08 Å². The maximum absolute atomic E-state index is 12.7. The van der Waals surface area contributed by atoms with Gasteiger partial charge >= 0.3 is 23.9 Å². The lowest BCUT2D eigenvalue weighted by Crippen LogP contribution is -2.22. The predicted molar refractivity (Wildman–Crippen MR) is 144 cm³/mol. The van der Waals surface area contributed by atoms with Gasteiger partial charge < -0.3 is 28.8 Å². The molecule has 11 heteroatoms. The molecule has 40 heavy (non-hydrogen) atoms. The van der Waals surface area contributed by atoms with E-state index in [1.54, 1.807) is 13.0 Å². The highest BCUT2D eigenvalue weighted by Crippen LogP contribution is 2.24. The number of aliphatic hydroxyl groups is 1. The molecule has 3 atom stereocenters. The topological polar surface area (TPSA) is 155 Å². The van der Waals surface area contributed by atoms with Crippen LogP contribution in [0, 0.1) is 11.8 Å². The van der Waals surface area contributed by atoms with E-state index in [-0.39, 0.29) is 87.3 Å². The van der Waals surface area contributed by atoms with Gasteiger partial charge in [0.1, 0.15) is 5.78 Å². The van der Waals surface area contributed by atoms with Crippen molar-refractivity contribution in [1.29, 1.82) is 0 Å². The molecule has 228 valence electrons. The van der Waals surface area contributed by atoms with Crippen LogP contribution in [0.25, 0.3) is 0 Å². The van der Waals surface area contributed by atoms with Gasteiger partial charge in [-0.2, -0.15) is 0 Å². The van der Waals surface area contributed by atoms with Gasteiger partial charge in [0.2, 0.25) is 0 Å². The van der Waals surface area contributed by atoms with Gasteiger partial charge in [0.25, 0.3) is 0 Å². The molecule has 0 radical (unpaired) electrons. The lowest BCUT2D eigenvalue weighted by Gasteiger charge is -2.17. The summed E-state index contributed by atoms with van der Waals surface area (Å²) >= 11 is 0. The fraction of sp³-hybridized carbons (Fsp3) is 0.759. The van der Waals surface area contributed by atoms with Crippen LogP contribution in [0.4, 0.5) is 0 Å². The second kappa shape index (κ2) is 22.0. The monoisotopic (exact) mass is 570 g/mol. The Morgan fingerprint density at radius 2 is 1.43 bits per heavy atom. The molecule has 0 aromatic carbocycles. The van der Waals surface area contributed by atoms with E-state index >= 15 is 0 Å². The number of esters is 4. The number of aliphatic hydroxyl groups excluding tert-OH is 1. The number of carbonyl (C=O) groups excluding carboxylic acids is 5. The summed E-state index contributed by atoms with van der Waals surface area (Å²) in [5, 5.41) is 8.73. The van der Waals surface area contributed by atoms with Crippen molar-refractivity contribution in [2.75, 3.05) is 39.6 Å². The van der Waals surface area contributed by atoms with Crippen LogP contribution < -0.4 is 0 Å². The summed E-state index contributed by atoms with van der Waals surface area (Å²) in [7, 11) is 0. The molecule has 1 fully saturated rings. The van der Waals surface area contributed by atoms with Crippen molar-refractivity contribution >= 4 is 29.7 Å². The Labute approximate surface area is 236 Å². The number of unbranched alkanes of at least 4 members (excludes halogenated alkanes) is 1. The number of allylic oxidation sites excluding steroid dienone is 1. The number of hydrogen-bond acceptors (Lipinski definition) is 11. The molecule has 1 heterocycles.